The Morgan fingerprint density at radius 3 is 2.67 bits per heavy atom. The number of nitrogens with zero attached hydrogens (tertiary/aromatic N) is 2. The summed E-state index contributed by atoms with van der Waals surface area (Å²) < 4.78 is 13.2. The minimum Gasteiger partial charge on any atom is -0.494 e. The van der Waals surface area contributed by atoms with Crippen LogP contribution in [-0.2, 0) is 6.54 Å². The fraction of sp³-hybridized carbons (Fsp3) is 0.250. The highest BCUT2D eigenvalue weighted by molar-refractivity contribution is 5.91. The number of imidazole rings is 1. The number of rotatable bonds is 9. The molecule has 154 valence electrons. The number of carbonyl (C=O) groups excluding carboxylic acids is 1. The highest BCUT2D eigenvalue weighted by Gasteiger charge is 2.19. The Morgan fingerprint density at radius 2 is 1.87 bits per heavy atom. The van der Waals surface area contributed by atoms with Crippen LogP contribution in [0.1, 0.15) is 42.2 Å². The fourth-order valence-corrected chi connectivity index (χ4v) is 3.48. The number of hydrogen-bond donors (Lipinski definition) is 1. The molecule has 0 saturated carbocycles. The number of furan rings is 1. The van der Waals surface area contributed by atoms with Crippen molar-refractivity contribution in [3.05, 3.63) is 84.6 Å². The van der Waals surface area contributed by atoms with Crippen LogP contribution in [0.3, 0.4) is 0 Å². The lowest BCUT2D eigenvalue weighted by Crippen LogP contribution is -2.28. The molecule has 30 heavy (non-hydrogen) atoms. The molecule has 0 aliphatic carbocycles. The third kappa shape index (κ3) is 4.54. The van der Waals surface area contributed by atoms with Crippen LogP contribution in [0.2, 0.25) is 0 Å². The Morgan fingerprint density at radius 1 is 1.07 bits per heavy atom. The van der Waals surface area contributed by atoms with E-state index >= 15 is 0 Å². The third-order valence-electron chi connectivity index (χ3n) is 4.95. The van der Waals surface area contributed by atoms with E-state index in [-0.39, 0.29) is 11.9 Å². The van der Waals surface area contributed by atoms with Crippen molar-refractivity contribution in [1.82, 2.24) is 14.9 Å². The molecule has 0 saturated heterocycles. The van der Waals surface area contributed by atoms with Gasteiger partial charge in [0, 0.05) is 6.54 Å². The van der Waals surface area contributed by atoms with E-state index in [0.29, 0.717) is 12.4 Å². The van der Waals surface area contributed by atoms with Crippen molar-refractivity contribution in [2.24, 2.45) is 0 Å². The maximum absolute atomic E-state index is 12.4. The first kappa shape index (κ1) is 19.8. The van der Waals surface area contributed by atoms with Crippen molar-refractivity contribution in [3.63, 3.8) is 0 Å². The molecule has 1 amide bonds. The molecule has 0 spiro atoms. The first-order chi connectivity index (χ1) is 14.7. The lowest BCUT2D eigenvalue weighted by atomic mass is 10.2. The van der Waals surface area contributed by atoms with Crippen LogP contribution in [0.25, 0.3) is 11.0 Å². The van der Waals surface area contributed by atoms with Crippen molar-refractivity contribution in [2.75, 3.05) is 6.61 Å². The summed E-state index contributed by atoms with van der Waals surface area (Å²) in [6.07, 6.45) is 3.36. The van der Waals surface area contributed by atoms with Crippen molar-refractivity contribution < 1.29 is 13.9 Å². The molecule has 2 aromatic carbocycles. The van der Waals surface area contributed by atoms with E-state index in [2.05, 4.69) is 16.0 Å². The molecule has 0 aliphatic rings. The van der Waals surface area contributed by atoms with E-state index in [0.717, 1.165) is 42.0 Å². The van der Waals surface area contributed by atoms with Crippen LogP contribution in [0, 0.1) is 0 Å². The number of fused-ring (bicyclic) bond motifs is 1. The number of hydrogen-bond acceptors (Lipinski definition) is 4. The zero-order chi connectivity index (χ0) is 20.8. The molecule has 4 rings (SSSR count). The van der Waals surface area contributed by atoms with Gasteiger partial charge in [0.15, 0.2) is 5.76 Å². The summed E-state index contributed by atoms with van der Waals surface area (Å²) >= 11 is 0. The minimum atomic E-state index is -0.254. The van der Waals surface area contributed by atoms with Gasteiger partial charge in [-0.05, 0) is 56.2 Å². The van der Waals surface area contributed by atoms with E-state index in [1.165, 1.54) is 6.26 Å². The van der Waals surface area contributed by atoms with Gasteiger partial charge in [0.25, 0.3) is 5.91 Å². The summed E-state index contributed by atoms with van der Waals surface area (Å²) in [5.41, 5.74) is 1.99. The molecule has 0 radical (unpaired) electrons. The Hall–Kier alpha value is -3.54. The van der Waals surface area contributed by atoms with E-state index in [4.69, 9.17) is 14.1 Å². The molecule has 6 nitrogen and oxygen atoms in total. The van der Waals surface area contributed by atoms with Gasteiger partial charge in [0.1, 0.15) is 11.6 Å². The van der Waals surface area contributed by atoms with Crippen LogP contribution in [-0.4, -0.2) is 22.1 Å². The second-order valence-electron chi connectivity index (χ2n) is 7.15. The quantitative estimate of drug-likeness (QED) is 0.400. The van der Waals surface area contributed by atoms with Gasteiger partial charge in [-0.1, -0.05) is 30.3 Å². The van der Waals surface area contributed by atoms with Crippen LogP contribution in [0.5, 0.6) is 5.75 Å². The zero-order valence-corrected chi connectivity index (χ0v) is 17.0. The first-order valence-corrected chi connectivity index (χ1v) is 10.2. The van der Waals surface area contributed by atoms with Gasteiger partial charge in [-0.25, -0.2) is 4.98 Å². The van der Waals surface area contributed by atoms with Crippen LogP contribution in [0.15, 0.2) is 77.4 Å². The first-order valence-electron chi connectivity index (χ1n) is 10.2. The molecule has 0 fully saturated rings. The van der Waals surface area contributed by atoms with Crippen LogP contribution < -0.4 is 10.1 Å². The number of amides is 1. The standard InChI is InChI=1S/C24H25N3O3/c1-18(25-24(28)22-14-9-17-30-22)23-26-20-12-5-6-13-21(20)27(23)15-7-8-16-29-19-10-3-2-4-11-19/h2-6,9-14,17-18H,7-8,15-16H2,1H3,(H,25,28)/t18-/m1/s1. The van der Waals surface area contributed by atoms with Crippen molar-refractivity contribution in [1.29, 1.82) is 0 Å². The average molecular weight is 403 g/mol. The van der Waals surface area contributed by atoms with Gasteiger partial charge >= 0.3 is 0 Å². The molecular formula is C24H25N3O3. The molecule has 2 aromatic heterocycles. The van der Waals surface area contributed by atoms with Gasteiger partial charge < -0.3 is 19.0 Å². The van der Waals surface area contributed by atoms with Crippen molar-refractivity contribution in [3.8, 4) is 5.75 Å². The summed E-state index contributed by atoms with van der Waals surface area (Å²) in [5.74, 6) is 1.77. The molecule has 0 aliphatic heterocycles. The monoisotopic (exact) mass is 403 g/mol. The number of aromatic nitrogens is 2. The summed E-state index contributed by atoms with van der Waals surface area (Å²) in [4.78, 5) is 17.2. The average Bonchev–Trinajstić information content (AvgIpc) is 3.43. The predicted molar refractivity (Wildman–Crippen MR) is 115 cm³/mol. The lowest BCUT2D eigenvalue weighted by Gasteiger charge is -2.16. The molecule has 1 N–H and O–H groups in total. The molecule has 4 aromatic rings. The fourth-order valence-electron chi connectivity index (χ4n) is 3.48. The minimum absolute atomic E-state index is 0.248. The molecule has 1 atom stereocenters. The predicted octanol–water partition coefficient (Wildman–Crippen LogP) is 4.98. The van der Waals surface area contributed by atoms with Crippen LogP contribution >= 0.6 is 0 Å². The maximum atomic E-state index is 12.4. The number of carbonyl (C=O) groups is 1. The Bertz CT molecular complexity index is 1090. The summed E-state index contributed by atoms with van der Waals surface area (Å²) in [6.45, 7) is 3.41. The van der Waals surface area contributed by atoms with E-state index in [1.54, 1.807) is 12.1 Å². The second kappa shape index (κ2) is 9.31. The zero-order valence-electron chi connectivity index (χ0n) is 17.0. The molecule has 0 bridgehead atoms. The van der Waals surface area contributed by atoms with E-state index in [1.807, 2.05) is 55.5 Å². The molecule has 6 heteroatoms. The SMILES string of the molecule is C[C@@H](NC(=O)c1ccco1)c1nc2ccccc2n1CCCCOc1ccccc1. The molecular weight excluding hydrogens is 378 g/mol. The van der Waals surface area contributed by atoms with E-state index < -0.39 is 0 Å². The maximum Gasteiger partial charge on any atom is 0.287 e. The summed E-state index contributed by atoms with van der Waals surface area (Å²) in [7, 11) is 0. The number of ether oxygens (including phenoxy) is 1. The Balaban J connectivity index is 1.42. The largest absolute Gasteiger partial charge is 0.494 e. The molecule has 0 unspecified atom stereocenters. The second-order valence-corrected chi connectivity index (χ2v) is 7.15. The number of aryl methyl sites for hydroxylation is 1. The van der Waals surface area contributed by atoms with Crippen molar-refractivity contribution in [2.45, 2.75) is 32.4 Å². The van der Waals surface area contributed by atoms with Gasteiger partial charge in [-0.2, -0.15) is 0 Å². The number of para-hydroxylation sites is 3. The topological polar surface area (TPSA) is 69.3 Å². The van der Waals surface area contributed by atoms with Gasteiger partial charge in [-0.3, -0.25) is 4.79 Å². The summed E-state index contributed by atoms with van der Waals surface area (Å²) in [6, 6.07) is 21.0. The third-order valence-corrected chi connectivity index (χ3v) is 4.95. The van der Waals surface area contributed by atoms with Gasteiger partial charge in [0.05, 0.1) is 29.9 Å². The number of nitrogens with one attached hydrogen (secondary N) is 1. The highest BCUT2D eigenvalue weighted by Crippen LogP contribution is 2.22. The molecule has 2 heterocycles. The van der Waals surface area contributed by atoms with E-state index in [9.17, 15) is 4.79 Å². The smallest absolute Gasteiger partial charge is 0.287 e. The van der Waals surface area contributed by atoms with Crippen molar-refractivity contribution >= 4 is 16.9 Å². The Labute approximate surface area is 175 Å². The number of unbranched alkanes of at least 4 members (excludes halogenated alkanes) is 1. The highest BCUT2D eigenvalue weighted by atomic mass is 16.5. The summed E-state index contributed by atoms with van der Waals surface area (Å²) in [5, 5.41) is 2.98. The van der Waals surface area contributed by atoms with Gasteiger partial charge in [0.2, 0.25) is 0 Å². The lowest BCUT2D eigenvalue weighted by molar-refractivity contribution is 0.0909. The normalized spacial score (nSPS) is 12.0. The Kier molecular flexibility index (Phi) is 6.13. The van der Waals surface area contributed by atoms with Gasteiger partial charge in [-0.15, -0.1) is 0 Å². The van der Waals surface area contributed by atoms with Crippen LogP contribution in [0.4, 0.5) is 0 Å². The number of benzene rings is 2.